The monoisotopic (exact) mass is 457 g/mol. The van der Waals surface area contributed by atoms with Crippen molar-refractivity contribution in [2.45, 2.75) is 32.2 Å². The van der Waals surface area contributed by atoms with Crippen LogP contribution in [0.2, 0.25) is 0 Å². The van der Waals surface area contributed by atoms with Crippen LogP contribution < -0.4 is 20.1 Å². The molecule has 1 saturated heterocycles. The predicted octanol–water partition coefficient (Wildman–Crippen LogP) is 2.65. The van der Waals surface area contributed by atoms with Gasteiger partial charge in [0.1, 0.15) is 6.04 Å². The minimum absolute atomic E-state index is 0.0230. The number of piperidine rings is 1. The van der Waals surface area contributed by atoms with Gasteiger partial charge in [-0.15, -0.1) is 11.3 Å². The minimum atomic E-state index is -0.668. The fourth-order valence-electron chi connectivity index (χ4n) is 4.01. The lowest BCUT2D eigenvalue weighted by atomic mass is 9.88. The Bertz CT molecular complexity index is 970. The molecule has 2 aliphatic rings. The lowest BCUT2D eigenvalue weighted by Gasteiger charge is -2.35. The third-order valence-electron chi connectivity index (χ3n) is 5.78. The summed E-state index contributed by atoms with van der Waals surface area (Å²) >= 11 is 1.43. The summed E-state index contributed by atoms with van der Waals surface area (Å²) in [5.41, 5.74) is 0.410. The Labute approximate surface area is 190 Å². The first kappa shape index (κ1) is 22.1. The number of likely N-dealkylation sites (tertiary alicyclic amines) is 1. The third kappa shape index (κ3) is 4.88. The van der Waals surface area contributed by atoms with Crippen molar-refractivity contribution in [1.29, 1.82) is 0 Å². The van der Waals surface area contributed by atoms with E-state index < -0.39 is 6.04 Å². The number of hydrogen-bond acceptors (Lipinski definition) is 6. The Morgan fingerprint density at radius 1 is 1.16 bits per heavy atom. The normalized spacial score (nSPS) is 16.5. The maximum atomic E-state index is 13.0. The minimum Gasteiger partial charge on any atom is -0.454 e. The second kappa shape index (κ2) is 10.0. The van der Waals surface area contributed by atoms with Crippen molar-refractivity contribution in [3.8, 4) is 11.5 Å². The van der Waals surface area contributed by atoms with Gasteiger partial charge in [-0.1, -0.05) is 13.0 Å². The summed E-state index contributed by atoms with van der Waals surface area (Å²) < 4.78 is 10.7. The van der Waals surface area contributed by atoms with E-state index in [0.29, 0.717) is 49.5 Å². The average molecular weight is 458 g/mol. The van der Waals surface area contributed by atoms with E-state index in [1.807, 2.05) is 29.3 Å². The maximum Gasteiger partial charge on any atom is 0.263 e. The number of rotatable bonds is 7. The molecule has 0 spiro atoms. The van der Waals surface area contributed by atoms with E-state index in [9.17, 15) is 14.4 Å². The van der Waals surface area contributed by atoms with Gasteiger partial charge in [-0.25, -0.2) is 0 Å². The number of benzene rings is 1. The fraction of sp³-hybridized carbons (Fsp3) is 0.435. The van der Waals surface area contributed by atoms with E-state index in [0.717, 1.165) is 11.3 Å². The van der Waals surface area contributed by atoms with Crippen LogP contribution in [0.1, 0.15) is 46.2 Å². The highest BCUT2D eigenvalue weighted by atomic mass is 32.1. The SMILES string of the molecule is CCCNC(=O)[C@@H](NC(=O)c1ccc2c(c1)OCO2)C1CCN(C(=O)c2cccs2)CC1. The van der Waals surface area contributed by atoms with E-state index in [1.165, 1.54) is 11.3 Å². The van der Waals surface area contributed by atoms with Crippen LogP contribution in [0, 0.1) is 5.92 Å². The molecule has 2 aliphatic heterocycles. The summed E-state index contributed by atoms with van der Waals surface area (Å²) in [6.45, 7) is 3.77. The van der Waals surface area contributed by atoms with Crippen LogP contribution in [0.25, 0.3) is 0 Å². The van der Waals surface area contributed by atoms with Crippen molar-refractivity contribution in [3.63, 3.8) is 0 Å². The van der Waals surface area contributed by atoms with Crippen LogP contribution in [0.15, 0.2) is 35.7 Å². The van der Waals surface area contributed by atoms with Crippen LogP contribution in [-0.2, 0) is 4.79 Å². The van der Waals surface area contributed by atoms with Crippen LogP contribution in [-0.4, -0.2) is 55.1 Å². The van der Waals surface area contributed by atoms with Crippen molar-refractivity contribution in [2.75, 3.05) is 26.4 Å². The molecule has 1 aromatic heterocycles. The highest BCUT2D eigenvalue weighted by Crippen LogP contribution is 2.32. The van der Waals surface area contributed by atoms with Crippen molar-refractivity contribution in [1.82, 2.24) is 15.5 Å². The highest BCUT2D eigenvalue weighted by molar-refractivity contribution is 7.12. The van der Waals surface area contributed by atoms with E-state index >= 15 is 0 Å². The zero-order chi connectivity index (χ0) is 22.5. The molecule has 2 aromatic rings. The van der Waals surface area contributed by atoms with Gasteiger partial charge >= 0.3 is 0 Å². The fourth-order valence-corrected chi connectivity index (χ4v) is 4.70. The maximum absolute atomic E-state index is 13.0. The molecule has 0 radical (unpaired) electrons. The van der Waals surface area contributed by atoms with Crippen molar-refractivity contribution < 1.29 is 23.9 Å². The smallest absolute Gasteiger partial charge is 0.263 e. The molecule has 3 heterocycles. The number of nitrogens with one attached hydrogen (secondary N) is 2. The number of hydrogen-bond donors (Lipinski definition) is 2. The number of thiophene rings is 1. The Morgan fingerprint density at radius 3 is 2.66 bits per heavy atom. The summed E-state index contributed by atoms with van der Waals surface area (Å²) in [5, 5.41) is 7.72. The second-order valence-electron chi connectivity index (χ2n) is 7.92. The quantitative estimate of drug-likeness (QED) is 0.666. The number of carbonyl (C=O) groups excluding carboxylic acids is 3. The molecule has 3 amide bonds. The molecule has 8 nitrogen and oxygen atoms in total. The molecule has 32 heavy (non-hydrogen) atoms. The molecular formula is C23H27N3O5S. The van der Waals surface area contributed by atoms with Gasteiger partial charge < -0.3 is 25.0 Å². The Balaban J connectivity index is 1.43. The molecule has 0 aliphatic carbocycles. The molecule has 2 N–H and O–H groups in total. The van der Waals surface area contributed by atoms with Crippen LogP contribution in [0.5, 0.6) is 11.5 Å². The molecule has 0 unspecified atom stereocenters. The topological polar surface area (TPSA) is 97.0 Å². The first-order chi connectivity index (χ1) is 15.6. The van der Waals surface area contributed by atoms with Gasteiger partial charge in [-0.3, -0.25) is 14.4 Å². The lowest BCUT2D eigenvalue weighted by molar-refractivity contribution is -0.124. The molecule has 1 aromatic carbocycles. The van der Waals surface area contributed by atoms with Crippen LogP contribution >= 0.6 is 11.3 Å². The molecule has 170 valence electrons. The number of nitrogens with zero attached hydrogens (tertiary/aromatic N) is 1. The zero-order valence-electron chi connectivity index (χ0n) is 18.0. The van der Waals surface area contributed by atoms with Crippen LogP contribution in [0.3, 0.4) is 0 Å². The van der Waals surface area contributed by atoms with Crippen LogP contribution in [0.4, 0.5) is 0 Å². The van der Waals surface area contributed by atoms with Gasteiger partial charge in [0.2, 0.25) is 12.7 Å². The van der Waals surface area contributed by atoms with Gasteiger partial charge in [0, 0.05) is 25.2 Å². The molecule has 4 rings (SSSR count). The Kier molecular flexibility index (Phi) is 6.94. The first-order valence-corrected chi connectivity index (χ1v) is 11.8. The largest absolute Gasteiger partial charge is 0.454 e. The summed E-state index contributed by atoms with van der Waals surface area (Å²) in [4.78, 5) is 41.0. The predicted molar refractivity (Wildman–Crippen MR) is 120 cm³/mol. The molecule has 0 saturated carbocycles. The zero-order valence-corrected chi connectivity index (χ0v) is 18.8. The molecule has 1 atom stereocenters. The number of amides is 3. The number of ether oxygens (including phenoxy) is 2. The molecule has 9 heteroatoms. The van der Waals surface area contributed by atoms with Crippen molar-refractivity contribution in [2.24, 2.45) is 5.92 Å². The second-order valence-corrected chi connectivity index (χ2v) is 8.86. The number of carbonyl (C=O) groups is 3. The lowest BCUT2D eigenvalue weighted by Crippen LogP contribution is -2.53. The third-order valence-corrected chi connectivity index (χ3v) is 6.64. The van der Waals surface area contributed by atoms with Gasteiger partial charge in [-0.05, 0) is 54.8 Å². The summed E-state index contributed by atoms with van der Waals surface area (Å²) in [7, 11) is 0. The van der Waals surface area contributed by atoms with Gasteiger partial charge in [-0.2, -0.15) is 0 Å². The van der Waals surface area contributed by atoms with E-state index in [1.54, 1.807) is 18.2 Å². The van der Waals surface area contributed by atoms with Gasteiger partial charge in [0.25, 0.3) is 11.8 Å². The van der Waals surface area contributed by atoms with E-state index in [4.69, 9.17) is 9.47 Å². The Hall–Kier alpha value is -3.07. The highest BCUT2D eigenvalue weighted by Gasteiger charge is 2.34. The molecule has 0 bridgehead atoms. The van der Waals surface area contributed by atoms with Crippen molar-refractivity contribution in [3.05, 3.63) is 46.2 Å². The summed E-state index contributed by atoms with van der Waals surface area (Å²) in [6.07, 6.45) is 2.09. The van der Waals surface area contributed by atoms with Crippen molar-refractivity contribution >= 4 is 29.1 Å². The van der Waals surface area contributed by atoms with E-state index in [2.05, 4.69) is 10.6 Å². The summed E-state index contributed by atoms with van der Waals surface area (Å²) in [5.74, 6) is 0.555. The Morgan fingerprint density at radius 2 is 1.94 bits per heavy atom. The van der Waals surface area contributed by atoms with Gasteiger partial charge in [0.05, 0.1) is 4.88 Å². The first-order valence-electron chi connectivity index (χ1n) is 10.9. The summed E-state index contributed by atoms with van der Waals surface area (Å²) in [6, 6.07) is 8.00. The van der Waals surface area contributed by atoms with Gasteiger partial charge in [0.15, 0.2) is 11.5 Å². The average Bonchev–Trinajstić information content (AvgIpc) is 3.52. The number of fused-ring (bicyclic) bond motifs is 1. The standard InChI is InChI=1S/C23H27N3O5S/c1-2-9-24-22(28)20(25-21(27)16-5-6-17-18(13-16)31-14-30-17)15-7-10-26(11-8-15)23(29)19-4-3-12-32-19/h3-6,12-13,15,20H,2,7-11,14H2,1H3,(H,24,28)(H,25,27)/t20-/m0/s1. The van der Waals surface area contributed by atoms with E-state index in [-0.39, 0.29) is 30.4 Å². The molecular weight excluding hydrogens is 430 g/mol. The molecule has 1 fully saturated rings.